The van der Waals surface area contributed by atoms with E-state index in [9.17, 15) is 4.39 Å². The number of aryl methyl sites for hydroxylation is 2. The number of nitrogens with one attached hydrogen (secondary N) is 1. The summed E-state index contributed by atoms with van der Waals surface area (Å²) >= 11 is 5.80. The predicted molar refractivity (Wildman–Crippen MR) is 78.9 cm³/mol. The van der Waals surface area contributed by atoms with E-state index < -0.39 is 5.82 Å². The molecule has 0 aliphatic carbocycles. The van der Waals surface area contributed by atoms with Crippen LogP contribution in [0.5, 0.6) is 0 Å². The van der Waals surface area contributed by atoms with Gasteiger partial charge >= 0.3 is 0 Å². The summed E-state index contributed by atoms with van der Waals surface area (Å²) in [6.45, 7) is 3.85. The van der Waals surface area contributed by atoms with Crippen LogP contribution >= 0.6 is 11.6 Å². The van der Waals surface area contributed by atoms with Gasteiger partial charge in [-0.25, -0.2) is 4.39 Å². The number of rotatable bonds is 4. The second-order valence-corrected chi connectivity index (χ2v) is 5.17. The van der Waals surface area contributed by atoms with Crippen molar-refractivity contribution in [3.8, 4) is 0 Å². The summed E-state index contributed by atoms with van der Waals surface area (Å²) in [4.78, 5) is 4.41. The molecule has 0 saturated heterocycles. The largest absolute Gasteiger partial charge is 0.271 e. The molecule has 3 nitrogen and oxygen atoms in total. The second kappa shape index (κ2) is 6.31. The molecular weight excluding hydrogens is 277 g/mol. The molecule has 20 heavy (non-hydrogen) atoms. The smallest absolute Gasteiger partial charge is 0.145 e. The molecule has 5 heteroatoms. The molecule has 0 bridgehead atoms. The van der Waals surface area contributed by atoms with Crippen LogP contribution in [0.3, 0.4) is 0 Å². The topological polar surface area (TPSA) is 50.9 Å². The second-order valence-electron chi connectivity index (χ2n) is 4.76. The van der Waals surface area contributed by atoms with Crippen molar-refractivity contribution in [2.24, 2.45) is 5.84 Å². The summed E-state index contributed by atoms with van der Waals surface area (Å²) in [5.74, 6) is 5.22. The van der Waals surface area contributed by atoms with Crippen LogP contribution < -0.4 is 11.3 Å². The van der Waals surface area contributed by atoms with Crippen LogP contribution in [0, 0.1) is 19.7 Å². The van der Waals surface area contributed by atoms with Gasteiger partial charge in [-0.05, 0) is 43.5 Å². The first-order valence-corrected chi connectivity index (χ1v) is 6.74. The first-order chi connectivity index (χ1) is 9.52. The molecule has 1 aromatic carbocycles. The summed E-state index contributed by atoms with van der Waals surface area (Å²) in [7, 11) is 0. The molecule has 3 N–H and O–H groups in total. The highest BCUT2D eigenvalue weighted by atomic mass is 35.5. The average molecular weight is 294 g/mol. The molecule has 2 rings (SSSR count). The number of aromatic nitrogens is 1. The molecule has 1 aromatic heterocycles. The third-order valence-corrected chi connectivity index (χ3v) is 3.59. The number of hydrogen-bond donors (Lipinski definition) is 2. The molecule has 2 aromatic rings. The van der Waals surface area contributed by atoms with Crippen molar-refractivity contribution in [3.05, 3.63) is 63.7 Å². The standard InChI is InChI=1S/C15H17ClFN3/c1-9-6-7-12(10(2)19-9)14(20-18)8-11-4-3-5-13(16)15(11)17/h3-7,14,20H,8,18H2,1-2H3. The first kappa shape index (κ1) is 14.9. The van der Waals surface area contributed by atoms with E-state index in [-0.39, 0.29) is 11.1 Å². The molecule has 1 atom stereocenters. The maximum absolute atomic E-state index is 14.0. The number of benzene rings is 1. The van der Waals surface area contributed by atoms with E-state index in [0.29, 0.717) is 12.0 Å². The van der Waals surface area contributed by atoms with Crippen LogP contribution in [0.15, 0.2) is 30.3 Å². The van der Waals surface area contributed by atoms with Gasteiger partial charge in [-0.15, -0.1) is 0 Å². The molecular formula is C15H17ClFN3. The highest BCUT2D eigenvalue weighted by Gasteiger charge is 2.17. The number of pyridine rings is 1. The van der Waals surface area contributed by atoms with E-state index in [1.165, 1.54) is 6.07 Å². The lowest BCUT2D eigenvalue weighted by molar-refractivity contribution is 0.525. The highest BCUT2D eigenvalue weighted by Crippen LogP contribution is 2.24. The molecule has 0 saturated carbocycles. The molecule has 1 unspecified atom stereocenters. The Labute approximate surface area is 122 Å². The Hall–Kier alpha value is -1.49. The van der Waals surface area contributed by atoms with Crippen LogP contribution in [0.2, 0.25) is 5.02 Å². The molecule has 106 valence electrons. The van der Waals surface area contributed by atoms with Crippen LogP contribution in [-0.2, 0) is 6.42 Å². The minimum absolute atomic E-state index is 0.122. The van der Waals surface area contributed by atoms with Gasteiger partial charge in [0.25, 0.3) is 0 Å². The zero-order valence-electron chi connectivity index (χ0n) is 11.5. The van der Waals surface area contributed by atoms with Crippen molar-refractivity contribution >= 4 is 11.6 Å². The number of hydrogen-bond acceptors (Lipinski definition) is 3. The first-order valence-electron chi connectivity index (χ1n) is 6.36. The Morgan fingerprint density at radius 1 is 1.30 bits per heavy atom. The molecule has 0 fully saturated rings. The molecule has 0 amide bonds. The van der Waals surface area contributed by atoms with E-state index in [1.54, 1.807) is 12.1 Å². The molecule has 0 spiro atoms. The lowest BCUT2D eigenvalue weighted by atomic mass is 9.98. The van der Waals surface area contributed by atoms with Crippen LogP contribution in [0.25, 0.3) is 0 Å². The summed E-state index contributed by atoms with van der Waals surface area (Å²) in [5, 5.41) is 0.122. The van der Waals surface area contributed by atoms with Gasteiger partial charge in [-0.1, -0.05) is 29.8 Å². The van der Waals surface area contributed by atoms with Gasteiger partial charge in [0.1, 0.15) is 5.82 Å². The fourth-order valence-electron chi connectivity index (χ4n) is 2.25. The Morgan fingerprint density at radius 2 is 2.05 bits per heavy atom. The lowest BCUT2D eigenvalue weighted by Crippen LogP contribution is -2.30. The molecule has 0 aliphatic heterocycles. The van der Waals surface area contributed by atoms with Gasteiger partial charge in [0.15, 0.2) is 0 Å². The number of nitrogens with two attached hydrogens (primary N) is 1. The normalized spacial score (nSPS) is 12.4. The van der Waals surface area contributed by atoms with Gasteiger partial charge in [0.05, 0.1) is 11.1 Å². The monoisotopic (exact) mass is 293 g/mol. The van der Waals surface area contributed by atoms with Crippen molar-refractivity contribution in [1.29, 1.82) is 0 Å². The van der Waals surface area contributed by atoms with Crippen molar-refractivity contribution in [2.75, 3.05) is 0 Å². The molecule has 1 heterocycles. The van der Waals surface area contributed by atoms with Crippen LogP contribution in [-0.4, -0.2) is 4.98 Å². The molecule has 0 radical (unpaired) electrons. The number of halogens is 2. The Morgan fingerprint density at radius 3 is 2.70 bits per heavy atom. The maximum atomic E-state index is 14.0. The summed E-state index contributed by atoms with van der Waals surface area (Å²) in [5.41, 5.74) is 6.03. The Bertz CT molecular complexity index is 616. The third kappa shape index (κ3) is 3.15. The summed E-state index contributed by atoms with van der Waals surface area (Å²) in [6.07, 6.45) is 0.411. The van der Waals surface area contributed by atoms with Gasteiger partial charge in [0, 0.05) is 11.4 Å². The van der Waals surface area contributed by atoms with Gasteiger partial charge in [0.2, 0.25) is 0 Å². The molecule has 0 aliphatic rings. The van der Waals surface area contributed by atoms with Crippen molar-refractivity contribution in [3.63, 3.8) is 0 Å². The SMILES string of the molecule is Cc1ccc(C(Cc2cccc(Cl)c2F)NN)c(C)n1. The van der Waals surface area contributed by atoms with Crippen LogP contribution in [0.4, 0.5) is 4.39 Å². The van der Waals surface area contributed by atoms with E-state index in [4.69, 9.17) is 17.4 Å². The minimum atomic E-state index is -0.396. The van der Waals surface area contributed by atoms with Crippen molar-refractivity contribution < 1.29 is 4.39 Å². The van der Waals surface area contributed by atoms with E-state index in [0.717, 1.165) is 17.0 Å². The van der Waals surface area contributed by atoms with Crippen molar-refractivity contribution in [1.82, 2.24) is 10.4 Å². The lowest BCUT2D eigenvalue weighted by Gasteiger charge is -2.19. The minimum Gasteiger partial charge on any atom is -0.271 e. The predicted octanol–water partition coefficient (Wildman–Crippen LogP) is 3.24. The third-order valence-electron chi connectivity index (χ3n) is 3.30. The van der Waals surface area contributed by atoms with E-state index in [2.05, 4.69) is 10.4 Å². The van der Waals surface area contributed by atoms with E-state index in [1.807, 2.05) is 26.0 Å². The quantitative estimate of drug-likeness (QED) is 0.672. The highest BCUT2D eigenvalue weighted by molar-refractivity contribution is 6.30. The number of nitrogens with zero attached hydrogens (tertiary/aromatic N) is 1. The zero-order valence-corrected chi connectivity index (χ0v) is 12.2. The van der Waals surface area contributed by atoms with Crippen LogP contribution in [0.1, 0.15) is 28.6 Å². The average Bonchev–Trinajstić information content (AvgIpc) is 2.41. The maximum Gasteiger partial charge on any atom is 0.145 e. The van der Waals surface area contributed by atoms with Crippen molar-refractivity contribution in [2.45, 2.75) is 26.3 Å². The summed E-state index contributed by atoms with van der Waals surface area (Å²) in [6, 6.07) is 8.64. The Kier molecular flexibility index (Phi) is 4.70. The summed E-state index contributed by atoms with van der Waals surface area (Å²) < 4.78 is 14.0. The van der Waals surface area contributed by atoms with Gasteiger partial charge < -0.3 is 0 Å². The fraction of sp³-hybridized carbons (Fsp3) is 0.267. The van der Waals surface area contributed by atoms with Gasteiger partial charge in [-0.3, -0.25) is 16.3 Å². The Balaban J connectivity index is 2.31. The fourth-order valence-corrected chi connectivity index (χ4v) is 2.44. The van der Waals surface area contributed by atoms with E-state index >= 15 is 0 Å². The number of hydrazine groups is 1. The zero-order chi connectivity index (χ0) is 14.7. The van der Waals surface area contributed by atoms with Gasteiger partial charge in [-0.2, -0.15) is 0 Å².